The summed E-state index contributed by atoms with van der Waals surface area (Å²) in [6, 6.07) is 10.3. The number of phenols is 2. The Hall–Kier alpha value is -2.89. The van der Waals surface area contributed by atoms with Gasteiger partial charge in [-0.2, -0.15) is 0 Å². The topological polar surface area (TPSA) is 149 Å². The molecule has 0 aliphatic carbocycles. The van der Waals surface area contributed by atoms with Gasteiger partial charge in [0.1, 0.15) is 24.4 Å². The van der Waals surface area contributed by atoms with E-state index in [0.717, 1.165) is 32.4 Å². The van der Waals surface area contributed by atoms with Crippen LogP contribution in [0.3, 0.4) is 0 Å². The van der Waals surface area contributed by atoms with Crippen molar-refractivity contribution >= 4 is 5.97 Å². The van der Waals surface area contributed by atoms with Gasteiger partial charge in [0.25, 0.3) is 0 Å². The first-order chi connectivity index (χ1) is 17.8. The highest BCUT2D eigenvalue weighted by Crippen LogP contribution is 2.52. The smallest absolute Gasteiger partial charge is 0.339 e. The minimum Gasteiger partial charge on any atom is -0.504 e. The van der Waals surface area contributed by atoms with Crippen LogP contribution in [0.4, 0.5) is 0 Å². The van der Waals surface area contributed by atoms with Gasteiger partial charge in [-0.1, -0.05) is 30.3 Å². The fourth-order valence-corrected chi connectivity index (χ4v) is 5.79. The first-order valence-corrected chi connectivity index (χ1v) is 12.6. The highest BCUT2D eigenvalue weighted by atomic mass is 16.6. The number of aliphatic hydroxyl groups excluding tert-OH is 3. The van der Waals surface area contributed by atoms with Crippen molar-refractivity contribution in [3.63, 3.8) is 0 Å². The van der Waals surface area contributed by atoms with Crippen molar-refractivity contribution in [2.24, 2.45) is 5.92 Å². The van der Waals surface area contributed by atoms with Crippen molar-refractivity contribution < 1.29 is 44.5 Å². The molecule has 0 spiro atoms. The predicted molar refractivity (Wildman–Crippen MR) is 130 cm³/mol. The molecule has 5 N–H and O–H groups in total. The number of piperidine rings is 1. The number of carbonyl (C=O) groups excluding carboxylic acids is 1. The van der Waals surface area contributed by atoms with Gasteiger partial charge in [-0.25, -0.2) is 4.79 Å². The zero-order chi connectivity index (χ0) is 26.3. The van der Waals surface area contributed by atoms with E-state index in [1.165, 1.54) is 12.7 Å². The zero-order valence-electron chi connectivity index (χ0n) is 20.6. The van der Waals surface area contributed by atoms with E-state index in [1.54, 1.807) is 0 Å². The lowest BCUT2D eigenvalue weighted by Gasteiger charge is -2.45. The highest BCUT2D eigenvalue weighted by molar-refractivity contribution is 5.97. The Morgan fingerprint density at radius 1 is 1.05 bits per heavy atom. The Labute approximate surface area is 214 Å². The molecule has 5 atom stereocenters. The van der Waals surface area contributed by atoms with E-state index in [-0.39, 0.29) is 34.7 Å². The molecule has 0 saturated carbocycles. The van der Waals surface area contributed by atoms with Gasteiger partial charge in [0.2, 0.25) is 5.75 Å². The van der Waals surface area contributed by atoms with Crippen LogP contribution in [0, 0.1) is 5.92 Å². The normalized spacial score (nSPS) is 28.3. The third-order valence-corrected chi connectivity index (χ3v) is 7.80. The number of rotatable bonds is 6. The summed E-state index contributed by atoms with van der Waals surface area (Å²) in [4.78, 5) is 15.3. The van der Waals surface area contributed by atoms with Gasteiger partial charge in [-0.3, -0.25) is 4.90 Å². The average molecular weight is 516 g/mol. The number of carbonyl (C=O) groups is 1. The molecule has 2 aromatic carbocycles. The molecule has 0 bridgehead atoms. The van der Waals surface area contributed by atoms with Crippen molar-refractivity contribution in [1.82, 2.24) is 4.90 Å². The van der Waals surface area contributed by atoms with Crippen LogP contribution < -0.4 is 4.74 Å². The summed E-state index contributed by atoms with van der Waals surface area (Å²) in [5.41, 5.74) is 1.49. The maximum Gasteiger partial charge on any atom is 0.339 e. The number of fused-ring (bicyclic) bond motifs is 3. The molecule has 10 nitrogen and oxygen atoms in total. The lowest BCUT2D eigenvalue weighted by atomic mass is 9.83. The van der Waals surface area contributed by atoms with E-state index in [9.17, 15) is 30.3 Å². The quantitative estimate of drug-likeness (QED) is 0.356. The third kappa shape index (κ3) is 4.64. The number of ether oxygens (including phenoxy) is 3. The number of hydrogen-bond acceptors (Lipinski definition) is 10. The van der Waals surface area contributed by atoms with Crippen molar-refractivity contribution in [3.05, 3.63) is 52.6 Å². The van der Waals surface area contributed by atoms with E-state index in [1.807, 2.05) is 18.2 Å². The molecule has 3 heterocycles. The van der Waals surface area contributed by atoms with Crippen molar-refractivity contribution in [2.45, 2.75) is 56.3 Å². The predicted octanol–water partition coefficient (Wildman–Crippen LogP) is 1.25. The van der Waals surface area contributed by atoms with Crippen LogP contribution in [0.1, 0.15) is 46.0 Å². The maximum absolute atomic E-state index is 13.2. The molecule has 200 valence electrons. The highest BCUT2D eigenvalue weighted by Gasteiger charge is 2.53. The average Bonchev–Trinajstić information content (AvgIpc) is 2.90. The molecule has 0 unspecified atom stereocenters. The molecule has 10 heteroatoms. The molecule has 3 aliphatic rings. The molecule has 0 aromatic heterocycles. The Kier molecular flexibility index (Phi) is 7.28. The summed E-state index contributed by atoms with van der Waals surface area (Å²) in [5.74, 6) is -1.41. The molecule has 37 heavy (non-hydrogen) atoms. The maximum atomic E-state index is 13.2. The first-order valence-electron chi connectivity index (χ1n) is 12.6. The summed E-state index contributed by atoms with van der Waals surface area (Å²) in [5, 5.41) is 52.5. The van der Waals surface area contributed by atoms with Crippen LogP contribution in [0.5, 0.6) is 17.2 Å². The Balaban J connectivity index is 1.43. The molecular formula is C27H33NO9. The number of nitrogens with zero attached hydrogens (tertiary/aromatic N) is 1. The van der Waals surface area contributed by atoms with Gasteiger partial charge >= 0.3 is 5.97 Å². The molecular weight excluding hydrogens is 482 g/mol. The van der Waals surface area contributed by atoms with Crippen LogP contribution in [0.25, 0.3) is 0 Å². The van der Waals surface area contributed by atoms with Crippen LogP contribution in [0.2, 0.25) is 0 Å². The number of benzene rings is 2. The molecule has 0 amide bonds. The van der Waals surface area contributed by atoms with Crippen molar-refractivity contribution in [3.8, 4) is 17.2 Å². The number of methoxy groups -OCH3 is 1. The standard InChI is InChI=1S/C27H33NO9/c1-35-25-20(30)16(12-28-9-7-15(8-10-28)11-14-5-3-2-4-6-14)18-19(22(25)32)24-26(37-27(18)34)23(33)21(31)17(13-29)36-24/h2-6,15,17,21,23-24,26,29-33H,7-13H2,1H3/t17-,21-,23+,24+,26-/m1/s1. The number of aliphatic hydroxyl groups is 3. The molecule has 2 fully saturated rings. The van der Waals surface area contributed by atoms with E-state index in [2.05, 4.69) is 17.0 Å². The van der Waals surface area contributed by atoms with Gasteiger partial charge in [0.15, 0.2) is 17.6 Å². The second-order valence-electron chi connectivity index (χ2n) is 10.0. The number of phenolic OH excluding ortho intramolecular Hbond substituents is 2. The number of aromatic hydroxyl groups is 2. The molecule has 2 saturated heterocycles. The Bertz CT molecular complexity index is 1130. The van der Waals surface area contributed by atoms with E-state index < -0.39 is 48.8 Å². The summed E-state index contributed by atoms with van der Waals surface area (Å²) >= 11 is 0. The zero-order valence-corrected chi connectivity index (χ0v) is 20.6. The van der Waals surface area contributed by atoms with Crippen molar-refractivity contribution in [1.29, 1.82) is 0 Å². The second-order valence-corrected chi connectivity index (χ2v) is 10.0. The van der Waals surface area contributed by atoms with E-state index in [0.29, 0.717) is 5.92 Å². The van der Waals surface area contributed by atoms with Gasteiger partial charge in [-0.05, 0) is 43.8 Å². The SMILES string of the molecule is COc1c(O)c(CN2CCC(Cc3ccccc3)CC2)c2c(c1O)[C@@H]1O[C@H](CO)[C@@H](O)[C@H](O)[C@H]1OC2=O. The largest absolute Gasteiger partial charge is 0.504 e. The number of esters is 1. The second kappa shape index (κ2) is 10.5. The minimum atomic E-state index is -1.54. The Morgan fingerprint density at radius 3 is 2.41 bits per heavy atom. The lowest BCUT2D eigenvalue weighted by molar-refractivity contribution is -0.235. The number of likely N-dealkylation sites (tertiary alicyclic amines) is 1. The molecule has 2 aromatic rings. The van der Waals surface area contributed by atoms with Crippen LogP contribution >= 0.6 is 0 Å². The summed E-state index contributed by atoms with van der Waals surface area (Å²) in [7, 11) is 1.29. The molecule has 0 radical (unpaired) electrons. The monoisotopic (exact) mass is 515 g/mol. The van der Waals surface area contributed by atoms with Gasteiger partial charge in [-0.15, -0.1) is 0 Å². The summed E-state index contributed by atoms with van der Waals surface area (Å²) in [6.07, 6.45) is -3.77. The van der Waals surface area contributed by atoms with E-state index in [4.69, 9.17) is 14.2 Å². The third-order valence-electron chi connectivity index (χ3n) is 7.80. The summed E-state index contributed by atoms with van der Waals surface area (Å²) < 4.78 is 16.5. The van der Waals surface area contributed by atoms with Gasteiger partial charge < -0.3 is 39.7 Å². The summed E-state index contributed by atoms with van der Waals surface area (Å²) in [6.45, 7) is 1.13. The molecule has 3 aliphatic heterocycles. The lowest BCUT2D eigenvalue weighted by Crippen LogP contribution is -2.58. The minimum absolute atomic E-state index is 0.00858. The van der Waals surface area contributed by atoms with Crippen LogP contribution in [-0.2, 0) is 22.4 Å². The van der Waals surface area contributed by atoms with Crippen LogP contribution in [-0.4, -0.2) is 87.6 Å². The van der Waals surface area contributed by atoms with Crippen molar-refractivity contribution in [2.75, 3.05) is 26.8 Å². The van der Waals surface area contributed by atoms with E-state index >= 15 is 0 Å². The fraction of sp³-hybridized carbons (Fsp3) is 0.519. The fourth-order valence-electron chi connectivity index (χ4n) is 5.79. The van der Waals surface area contributed by atoms with Crippen LogP contribution in [0.15, 0.2) is 30.3 Å². The Morgan fingerprint density at radius 2 is 1.76 bits per heavy atom. The molecule has 5 rings (SSSR count). The van der Waals surface area contributed by atoms with Gasteiger partial charge in [0.05, 0.1) is 19.3 Å². The number of hydrogen-bond donors (Lipinski definition) is 5. The van der Waals surface area contributed by atoms with Gasteiger partial charge in [0, 0.05) is 17.7 Å². The first kappa shape index (κ1) is 25.7.